The average Bonchev–Trinajstić information content (AvgIpc) is 2.93. The quantitative estimate of drug-likeness (QED) is 0.581. The molecule has 0 radical (unpaired) electrons. The minimum absolute atomic E-state index is 0.0286. The van der Waals surface area contributed by atoms with Crippen molar-refractivity contribution in [1.82, 2.24) is 9.80 Å². The zero-order valence-corrected chi connectivity index (χ0v) is 16.9. The smallest absolute Gasteiger partial charge is 0.311 e. The number of ether oxygens (including phenoxy) is 1. The van der Waals surface area contributed by atoms with E-state index in [1.807, 2.05) is 35.4 Å². The standard InChI is InChI=1S/C20H26N2O4S/c1-21-17(23)13-16(19(25)26-2)20(21)8-10-22(11-9-20)18(24)12-14-4-6-15(27-3)7-5-14/h4-7,16H,8-13H2,1-3H3. The lowest BCUT2D eigenvalue weighted by molar-refractivity contribution is -0.150. The highest BCUT2D eigenvalue weighted by Gasteiger charge is 2.55. The van der Waals surface area contributed by atoms with Crippen molar-refractivity contribution < 1.29 is 19.1 Å². The lowest BCUT2D eigenvalue weighted by Gasteiger charge is -2.45. The van der Waals surface area contributed by atoms with Crippen LogP contribution in [0.1, 0.15) is 24.8 Å². The van der Waals surface area contributed by atoms with E-state index in [0.717, 1.165) is 5.56 Å². The lowest BCUT2D eigenvalue weighted by atomic mass is 9.77. The number of likely N-dealkylation sites (tertiary alicyclic amines) is 2. The summed E-state index contributed by atoms with van der Waals surface area (Å²) in [5.74, 6) is -0.722. The first-order valence-electron chi connectivity index (χ1n) is 9.16. The van der Waals surface area contributed by atoms with Crippen LogP contribution < -0.4 is 0 Å². The van der Waals surface area contributed by atoms with Gasteiger partial charge in [-0.2, -0.15) is 0 Å². The van der Waals surface area contributed by atoms with Crippen LogP contribution in [0.4, 0.5) is 0 Å². The van der Waals surface area contributed by atoms with Crippen LogP contribution >= 0.6 is 11.8 Å². The summed E-state index contributed by atoms with van der Waals surface area (Å²) < 4.78 is 4.93. The van der Waals surface area contributed by atoms with Gasteiger partial charge in [0.2, 0.25) is 11.8 Å². The van der Waals surface area contributed by atoms with Gasteiger partial charge in [0.1, 0.15) is 0 Å². The number of benzene rings is 1. The van der Waals surface area contributed by atoms with Gasteiger partial charge in [0.15, 0.2) is 0 Å². The molecule has 3 rings (SSSR count). The summed E-state index contributed by atoms with van der Waals surface area (Å²) in [4.78, 5) is 41.8. The number of hydrogen-bond donors (Lipinski definition) is 0. The fourth-order valence-corrected chi connectivity index (χ4v) is 4.69. The van der Waals surface area contributed by atoms with Gasteiger partial charge in [-0.05, 0) is 36.8 Å². The molecule has 1 aromatic rings. The zero-order valence-electron chi connectivity index (χ0n) is 16.1. The van der Waals surface area contributed by atoms with Crippen LogP contribution in [0.2, 0.25) is 0 Å². The minimum Gasteiger partial charge on any atom is -0.469 e. The molecule has 2 fully saturated rings. The first kappa shape index (κ1) is 19.7. The fourth-order valence-electron chi connectivity index (χ4n) is 4.29. The van der Waals surface area contributed by atoms with E-state index >= 15 is 0 Å². The summed E-state index contributed by atoms with van der Waals surface area (Å²) in [7, 11) is 3.12. The predicted octanol–water partition coefficient (Wildman–Crippen LogP) is 1.96. The van der Waals surface area contributed by atoms with Gasteiger partial charge < -0.3 is 14.5 Å². The number of rotatable bonds is 4. The molecule has 6 nitrogen and oxygen atoms in total. The number of piperidine rings is 1. The summed E-state index contributed by atoms with van der Waals surface area (Å²) in [5, 5.41) is 0. The Morgan fingerprint density at radius 1 is 1.22 bits per heavy atom. The Balaban J connectivity index is 1.65. The van der Waals surface area contributed by atoms with Crippen LogP contribution in [-0.4, -0.2) is 66.6 Å². The van der Waals surface area contributed by atoms with Gasteiger partial charge in [-0.15, -0.1) is 11.8 Å². The molecule has 2 aliphatic heterocycles. The highest BCUT2D eigenvalue weighted by molar-refractivity contribution is 7.98. The number of carbonyl (C=O) groups is 3. The first-order chi connectivity index (χ1) is 12.9. The number of carbonyl (C=O) groups excluding carboxylic acids is 3. The molecule has 7 heteroatoms. The molecular formula is C20H26N2O4S. The molecule has 2 aliphatic rings. The maximum atomic E-state index is 12.7. The van der Waals surface area contributed by atoms with E-state index in [4.69, 9.17) is 4.74 Å². The molecular weight excluding hydrogens is 364 g/mol. The molecule has 1 atom stereocenters. The van der Waals surface area contributed by atoms with Gasteiger partial charge in [0, 0.05) is 31.5 Å². The number of amides is 2. The minimum atomic E-state index is -0.527. The van der Waals surface area contributed by atoms with E-state index in [1.54, 1.807) is 23.7 Å². The predicted molar refractivity (Wildman–Crippen MR) is 103 cm³/mol. The second kappa shape index (κ2) is 7.92. The van der Waals surface area contributed by atoms with Gasteiger partial charge >= 0.3 is 5.97 Å². The molecule has 1 spiro atoms. The summed E-state index contributed by atoms with van der Waals surface area (Å²) in [5.41, 5.74) is 0.472. The van der Waals surface area contributed by atoms with E-state index in [9.17, 15) is 14.4 Å². The third kappa shape index (κ3) is 3.70. The molecule has 0 aliphatic carbocycles. The van der Waals surface area contributed by atoms with Crippen molar-refractivity contribution in [2.24, 2.45) is 5.92 Å². The third-order valence-corrected chi connectivity index (χ3v) is 6.80. The van der Waals surface area contributed by atoms with Crippen LogP contribution in [0.25, 0.3) is 0 Å². The number of methoxy groups -OCH3 is 1. The van der Waals surface area contributed by atoms with Crippen LogP contribution in [0.15, 0.2) is 29.2 Å². The summed E-state index contributed by atoms with van der Waals surface area (Å²) in [6.45, 7) is 1.10. The van der Waals surface area contributed by atoms with Crippen molar-refractivity contribution in [3.8, 4) is 0 Å². The second-order valence-corrected chi connectivity index (χ2v) is 8.12. The largest absolute Gasteiger partial charge is 0.469 e. The Bertz CT molecular complexity index is 726. The van der Waals surface area contributed by atoms with Crippen molar-refractivity contribution >= 4 is 29.5 Å². The Morgan fingerprint density at radius 3 is 2.41 bits per heavy atom. The fraction of sp³-hybridized carbons (Fsp3) is 0.550. The third-order valence-electron chi connectivity index (χ3n) is 6.05. The van der Waals surface area contributed by atoms with Crippen LogP contribution in [0, 0.1) is 5.92 Å². The van der Waals surface area contributed by atoms with Crippen molar-refractivity contribution in [2.45, 2.75) is 36.1 Å². The molecule has 2 heterocycles. The molecule has 0 aromatic heterocycles. The Labute approximate surface area is 164 Å². The molecule has 27 heavy (non-hydrogen) atoms. The van der Waals surface area contributed by atoms with Crippen LogP contribution in [0.5, 0.6) is 0 Å². The highest BCUT2D eigenvalue weighted by atomic mass is 32.2. The van der Waals surface area contributed by atoms with Crippen molar-refractivity contribution in [3.05, 3.63) is 29.8 Å². The summed E-state index contributed by atoms with van der Waals surface area (Å²) >= 11 is 1.67. The molecule has 146 valence electrons. The SMILES string of the molecule is COC(=O)C1CC(=O)N(C)C12CCN(C(=O)Cc1ccc(SC)cc1)CC2. The van der Waals surface area contributed by atoms with Gasteiger partial charge in [-0.1, -0.05) is 12.1 Å². The van der Waals surface area contributed by atoms with Crippen LogP contribution in [0.3, 0.4) is 0 Å². The van der Waals surface area contributed by atoms with Gasteiger partial charge in [0.05, 0.1) is 25.0 Å². The number of hydrogen-bond acceptors (Lipinski definition) is 5. The number of esters is 1. The second-order valence-electron chi connectivity index (χ2n) is 7.24. The molecule has 0 saturated carbocycles. The van der Waals surface area contributed by atoms with Gasteiger partial charge in [-0.25, -0.2) is 0 Å². The molecule has 0 N–H and O–H groups in total. The normalized spacial score (nSPS) is 21.6. The lowest BCUT2D eigenvalue weighted by Crippen LogP contribution is -2.57. The van der Waals surface area contributed by atoms with Gasteiger partial charge in [0.25, 0.3) is 0 Å². The molecule has 1 aromatic carbocycles. The van der Waals surface area contributed by atoms with E-state index in [-0.39, 0.29) is 24.2 Å². The van der Waals surface area contributed by atoms with E-state index in [2.05, 4.69) is 0 Å². The van der Waals surface area contributed by atoms with Crippen molar-refractivity contribution in [3.63, 3.8) is 0 Å². The molecule has 2 saturated heterocycles. The number of thioether (sulfide) groups is 1. The van der Waals surface area contributed by atoms with E-state index in [1.165, 1.54) is 12.0 Å². The Hall–Kier alpha value is -2.02. The molecule has 1 unspecified atom stereocenters. The molecule has 0 bridgehead atoms. The number of nitrogens with zero attached hydrogens (tertiary/aromatic N) is 2. The summed E-state index contributed by atoms with van der Waals surface area (Å²) in [6, 6.07) is 8.04. The Kier molecular flexibility index (Phi) is 5.79. The van der Waals surface area contributed by atoms with Crippen LogP contribution in [-0.2, 0) is 25.5 Å². The topological polar surface area (TPSA) is 66.9 Å². The summed E-state index contributed by atoms with van der Waals surface area (Å²) in [6.07, 6.45) is 3.80. The molecule has 2 amide bonds. The highest BCUT2D eigenvalue weighted by Crippen LogP contribution is 2.43. The first-order valence-corrected chi connectivity index (χ1v) is 10.4. The Morgan fingerprint density at radius 2 is 1.85 bits per heavy atom. The van der Waals surface area contributed by atoms with Crippen molar-refractivity contribution in [2.75, 3.05) is 33.5 Å². The average molecular weight is 391 g/mol. The van der Waals surface area contributed by atoms with Crippen molar-refractivity contribution in [1.29, 1.82) is 0 Å². The maximum absolute atomic E-state index is 12.7. The maximum Gasteiger partial charge on any atom is 0.311 e. The van der Waals surface area contributed by atoms with Gasteiger partial charge in [-0.3, -0.25) is 14.4 Å². The zero-order chi connectivity index (χ0) is 19.6. The van der Waals surface area contributed by atoms with E-state index in [0.29, 0.717) is 32.4 Å². The monoisotopic (exact) mass is 390 g/mol. The van der Waals surface area contributed by atoms with E-state index < -0.39 is 11.5 Å².